The van der Waals surface area contributed by atoms with E-state index >= 15 is 0 Å². The third kappa shape index (κ3) is 2.55. The molecule has 2 heterocycles. The molecule has 0 N–H and O–H groups in total. The topological polar surface area (TPSA) is 30.7 Å². The largest absolute Gasteiger partial charge is 0.312 e. The fraction of sp³-hybridized carbons (Fsp3) is 0.412. The van der Waals surface area contributed by atoms with Crippen molar-refractivity contribution in [1.82, 2.24) is 14.5 Å². The van der Waals surface area contributed by atoms with Crippen LogP contribution in [0.2, 0.25) is 5.28 Å². The summed E-state index contributed by atoms with van der Waals surface area (Å²) in [6.45, 7) is 10.7. The minimum atomic E-state index is 0.273. The maximum absolute atomic E-state index is 6.36. The second-order valence-electron chi connectivity index (χ2n) is 6.26. The van der Waals surface area contributed by atoms with Crippen LogP contribution in [0.25, 0.3) is 21.6 Å². The molecular weight excluding hydrogens is 314 g/mol. The number of aromatic nitrogens is 3. The van der Waals surface area contributed by atoms with E-state index in [9.17, 15) is 0 Å². The van der Waals surface area contributed by atoms with Gasteiger partial charge in [-0.05, 0) is 56.0 Å². The molecule has 3 nitrogen and oxygen atoms in total. The van der Waals surface area contributed by atoms with E-state index in [0.29, 0.717) is 11.2 Å². The van der Waals surface area contributed by atoms with E-state index in [-0.39, 0.29) is 6.04 Å². The average molecular weight is 334 g/mol. The lowest BCUT2D eigenvalue weighted by molar-refractivity contribution is 0.618. The average Bonchev–Trinajstić information content (AvgIpc) is 3.01. The van der Waals surface area contributed by atoms with Crippen LogP contribution in [0.3, 0.4) is 0 Å². The maximum atomic E-state index is 6.36. The summed E-state index contributed by atoms with van der Waals surface area (Å²) in [5, 5.41) is 3.69. The molecule has 0 aliphatic heterocycles. The zero-order valence-corrected chi connectivity index (χ0v) is 15.1. The Labute approximate surface area is 140 Å². The molecule has 3 aromatic rings. The van der Waals surface area contributed by atoms with Gasteiger partial charge in [0.25, 0.3) is 0 Å². The number of hydrogen-bond donors (Lipinski definition) is 0. The molecule has 0 saturated heterocycles. The normalized spacial score (nSPS) is 12.0. The van der Waals surface area contributed by atoms with Crippen molar-refractivity contribution in [3.8, 4) is 10.6 Å². The van der Waals surface area contributed by atoms with E-state index in [0.717, 1.165) is 27.3 Å². The molecule has 0 spiro atoms. The molecule has 0 saturated carbocycles. The highest BCUT2D eigenvalue weighted by molar-refractivity contribution is 7.13. The number of fused-ring (bicyclic) bond motifs is 1. The van der Waals surface area contributed by atoms with Gasteiger partial charge < -0.3 is 4.57 Å². The molecule has 0 aliphatic rings. The maximum Gasteiger partial charge on any atom is 0.204 e. The Hall–Kier alpha value is -1.39. The first kappa shape index (κ1) is 15.5. The highest BCUT2D eigenvalue weighted by Crippen LogP contribution is 2.35. The Morgan fingerprint density at radius 3 is 2.45 bits per heavy atom. The highest BCUT2D eigenvalue weighted by Gasteiger charge is 2.18. The summed E-state index contributed by atoms with van der Waals surface area (Å²) in [4.78, 5) is 9.38. The van der Waals surface area contributed by atoms with Crippen LogP contribution < -0.4 is 0 Å². The summed E-state index contributed by atoms with van der Waals surface area (Å²) in [6, 6.07) is 4.57. The summed E-state index contributed by atoms with van der Waals surface area (Å²) < 4.78 is 2.07. The Bertz CT molecular complexity index is 830. The number of halogens is 1. The van der Waals surface area contributed by atoms with Gasteiger partial charge in [0, 0.05) is 17.0 Å². The minimum absolute atomic E-state index is 0.273. The second-order valence-corrected chi connectivity index (χ2v) is 7.45. The van der Waals surface area contributed by atoms with E-state index in [1.165, 1.54) is 5.56 Å². The number of benzene rings is 1. The second kappa shape index (κ2) is 5.67. The molecule has 0 bridgehead atoms. The SMILES string of the molecule is Cc1cc(-c2nc(C(C)C)cs2)c2nc(Cl)n(C(C)C)c2c1. The number of nitrogens with zero attached hydrogens (tertiary/aromatic N) is 3. The molecule has 0 atom stereocenters. The fourth-order valence-corrected chi connectivity index (χ4v) is 4.00. The van der Waals surface area contributed by atoms with Crippen molar-refractivity contribution in [3.05, 3.63) is 34.1 Å². The Kier molecular flexibility index (Phi) is 4.00. The first-order chi connectivity index (χ1) is 10.4. The van der Waals surface area contributed by atoms with Crippen molar-refractivity contribution in [1.29, 1.82) is 0 Å². The molecule has 116 valence electrons. The van der Waals surface area contributed by atoms with Gasteiger partial charge in [0.15, 0.2) is 0 Å². The number of rotatable bonds is 3. The highest BCUT2D eigenvalue weighted by atomic mass is 35.5. The van der Waals surface area contributed by atoms with Crippen molar-refractivity contribution >= 4 is 34.0 Å². The van der Waals surface area contributed by atoms with Crippen LogP contribution in [0.5, 0.6) is 0 Å². The zero-order chi connectivity index (χ0) is 16.0. The molecule has 0 fully saturated rings. The summed E-state index contributed by atoms with van der Waals surface area (Å²) in [5.41, 5.74) is 5.42. The predicted molar refractivity (Wildman–Crippen MR) is 95.1 cm³/mol. The van der Waals surface area contributed by atoms with Gasteiger partial charge in [0.2, 0.25) is 5.28 Å². The molecule has 5 heteroatoms. The van der Waals surface area contributed by atoms with Crippen LogP contribution in [0, 0.1) is 6.92 Å². The van der Waals surface area contributed by atoms with Gasteiger partial charge in [0.05, 0.1) is 11.2 Å². The predicted octanol–water partition coefficient (Wildman–Crippen LogP) is 5.83. The van der Waals surface area contributed by atoms with Crippen molar-refractivity contribution in [3.63, 3.8) is 0 Å². The Morgan fingerprint density at radius 1 is 1.14 bits per heavy atom. The summed E-state index contributed by atoms with van der Waals surface area (Å²) >= 11 is 8.04. The third-order valence-corrected chi connectivity index (χ3v) is 4.92. The summed E-state index contributed by atoms with van der Waals surface area (Å²) in [5.74, 6) is 0.433. The molecule has 1 aromatic carbocycles. The van der Waals surface area contributed by atoms with Crippen molar-refractivity contribution in [2.75, 3.05) is 0 Å². The Morgan fingerprint density at radius 2 is 1.86 bits per heavy atom. The van der Waals surface area contributed by atoms with Crippen molar-refractivity contribution in [2.45, 2.75) is 46.6 Å². The van der Waals surface area contributed by atoms with Crippen LogP contribution in [-0.2, 0) is 0 Å². The zero-order valence-electron chi connectivity index (χ0n) is 13.5. The van der Waals surface area contributed by atoms with Crippen LogP contribution >= 0.6 is 22.9 Å². The number of hydrogen-bond acceptors (Lipinski definition) is 3. The van der Waals surface area contributed by atoms with E-state index in [4.69, 9.17) is 16.6 Å². The van der Waals surface area contributed by atoms with Gasteiger partial charge in [-0.2, -0.15) is 0 Å². The fourth-order valence-electron chi connectivity index (χ4n) is 2.64. The van der Waals surface area contributed by atoms with Crippen LogP contribution in [0.15, 0.2) is 17.5 Å². The summed E-state index contributed by atoms with van der Waals surface area (Å²) in [6.07, 6.45) is 0. The quantitative estimate of drug-likeness (QED) is 0.604. The van der Waals surface area contributed by atoms with Gasteiger partial charge in [0.1, 0.15) is 10.5 Å². The Balaban J connectivity index is 2.27. The number of thiazole rings is 1. The lowest BCUT2D eigenvalue weighted by atomic mass is 10.1. The van der Waals surface area contributed by atoms with Crippen molar-refractivity contribution < 1.29 is 0 Å². The van der Waals surface area contributed by atoms with Gasteiger partial charge in [-0.3, -0.25) is 0 Å². The van der Waals surface area contributed by atoms with Gasteiger partial charge in [-0.25, -0.2) is 9.97 Å². The first-order valence-electron chi connectivity index (χ1n) is 7.52. The molecule has 0 unspecified atom stereocenters. The lowest BCUT2D eigenvalue weighted by Crippen LogP contribution is -2.00. The number of imidazole rings is 1. The molecule has 0 amide bonds. The van der Waals surface area contributed by atoms with Crippen LogP contribution in [-0.4, -0.2) is 14.5 Å². The molecule has 2 aromatic heterocycles. The van der Waals surface area contributed by atoms with Crippen LogP contribution in [0.1, 0.15) is 50.9 Å². The molecular formula is C17H20ClN3S. The van der Waals surface area contributed by atoms with E-state index < -0.39 is 0 Å². The molecule has 0 radical (unpaired) electrons. The van der Waals surface area contributed by atoms with E-state index in [2.05, 4.69) is 61.7 Å². The minimum Gasteiger partial charge on any atom is -0.312 e. The lowest BCUT2D eigenvalue weighted by Gasteiger charge is -2.10. The molecule has 0 aliphatic carbocycles. The summed E-state index contributed by atoms with van der Waals surface area (Å²) in [7, 11) is 0. The van der Waals surface area contributed by atoms with Gasteiger partial charge in [-0.1, -0.05) is 13.8 Å². The van der Waals surface area contributed by atoms with E-state index in [1.807, 2.05) is 0 Å². The van der Waals surface area contributed by atoms with Gasteiger partial charge in [-0.15, -0.1) is 11.3 Å². The van der Waals surface area contributed by atoms with Gasteiger partial charge >= 0.3 is 0 Å². The van der Waals surface area contributed by atoms with Crippen LogP contribution in [0.4, 0.5) is 0 Å². The molecule has 3 rings (SSSR count). The standard InChI is InChI=1S/C17H20ClN3S/c1-9(2)13-8-22-16(19-13)12-6-11(5)7-14-15(12)20-17(18)21(14)10(3)4/h6-10H,1-5H3. The van der Waals surface area contributed by atoms with Crippen molar-refractivity contribution in [2.24, 2.45) is 0 Å². The van der Waals surface area contributed by atoms with E-state index in [1.54, 1.807) is 11.3 Å². The smallest absolute Gasteiger partial charge is 0.204 e. The third-order valence-electron chi connectivity index (χ3n) is 3.76. The first-order valence-corrected chi connectivity index (χ1v) is 8.78. The number of aryl methyl sites for hydroxylation is 1. The monoisotopic (exact) mass is 333 g/mol. The molecule has 22 heavy (non-hydrogen) atoms.